The van der Waals surface area contributed by atoms with E-state index >= 15 is 0 Å². The fourth-order valence-electron chi connectivity index (χ4n) is 2.99. The normalized spacial score (nSPS) is 17.3. The molecule has 7 heteroatoms. The van der Waals surface area contributed by atoms with E-state index in [1.54, 1.807) is 6.33 Å². The molecule has 2 heterocycles. The maximum atomic E-state index is 9.33. The maximum absolute atomic E-state index is 9.33. The summed E-state index contributed by atoms with van der Waals surface area (Å²) in [6, 6.07) is -0.0717. The molecule has 0 radical (unpaired) electrons. The lowest BCUT2D eigenvalue weighted by Crippen LogP contribution is -2.24. The van der Waals surface area contributed by atoms with E-state index in [0.29, 0.717) is 30.0 Å². The molecule has 0 aromatic carbocycles. The third-order valence-corrected chi connectivity index (χ3v) is 4.48. The number of aliphatic hydroxyl groups is 1. The van der Waals surface area contributed by atoms with Gasteiger partial charge in [0, 0.05) is 0 Å². The van der Waals surface area contributed by atoms with Crippen molar-refractivity contribution in [2.75, 3.05) is 18.5 Å². The maximum Gasteiger partial charge on any atom is 0.245 e. The second-order valence-electron chi connectivity index (χ2n) is 6.20. The summed E-state index contributed by atoms with van der Waals surface area (Å²) in [6.07, 6.45) is 8.76. The molecule has 0 amide bonds. The predicted molar refractivity (Wildman–Crippen MR) is 88.5 cm³/mol. The topological polar surface area (TPSA) is 95.9 Å². The van der Waals surface area contributed by atoms with Crippen LogP contribution in [-0.4, -0.2) is 44.3 Å². The number of nitrogens with one attached hydrogen (secondary N) is 2. The van der Waals surface area contributed by atoms with Crippen LogP contribution >= 0.6 is 0 Å². The summed E-state index contributed by atoms with van der Waals surface area (Å²) in [4.78, 5) is 16.1. The summed E-state index contributed by atoms with van der Waals surface area (Å²) >= 11 is 0. The van der Waals surface area contributed by atoms with Gasteiger partial charge < -0.3 is 20.1 Å². The number of aromatic amines is 1. The number of nitrogens with zero attached hydrogens (tertiary/aromatic N) is 3. The van der Waals surface area contributed by atoms with Crippen LogP contribution in [0.5, 0.6) is 5.88 Å². The van der Waals surface area contributed by atoms with E-state index < -0.39 is 0 Å². The van der Waals surface area contributed by atoms with E-state index in [2.05, 4.69) is 25.3 Å². The van der Waals surface area contributed by atoms with Crippen molar-refractivity contribution in [2.24, 2.45) is 5.92 Å². The van der Waals surface area contributed by atoms with Gasteiger partial charge in [0.15, 0.2) is 5.65 Å². The van der Waals surface area contributed by atoms with Crippen molar-refractivity contribution in [3.8, 4) is 5.88 Å². The van der Waals surface area contributed by atoms with Gasteiger partial charge in [0.1, 0.15) is 5.52 Å². The Balaban J connectivity index is 1.75. The third kappa shape index (κ3) is 3.90. The largest absolute Gasteiger partial charge is 0.476 e. The molecule has 0 saturated heterocycles. The molecule has 1 saturated carbocycles. The van der Waals surface area contributed by atoms with Gasteiger partial charge in [0.25, 0.3) is 0 Å². The van der Waals surface area contributed by atoms with Gasteiger partial charge in [-0.15, -0.1) is 0 Å². The lowest BCUT2D eigenvalue weighted by Gasteiger charge is -2.21. The molecule has 0 spiro atoms. The van der Waals surface area contributed by atoms with Gasteiger partial charge >= 0.3 is 0 Å². The van der Waals surface area contributed by atoms with Crippen molar-refractivity contribution >= 4 is 17.1 Å². The molecule has 1 fully saturated rings. The van der Waals surface area contributed by atoms with Crippen LogP contribution in [0.25, 0.3) is 11.2 Å². The lowest BCUT2D eigenvalue weighted by atomic mass is 9.90. The Hall–Kier alpha value is -1.89. The van der Waals surface area contributed by atoms with E-state index in [0.717, 1.165) is 11.9 Å². The molecular weight excluding hydrogens is 294 g/mol. The molecule has 0 bridgehead atoms. The Morgan fingerprint density at radius 2 is 2.17 bits per heavy atom. The SMILES string of the molecule is CC[C@@H](CO)Nc1nc(OCC2CCCCC2)c2[nH]cnc2n1. The van der Waals surface area contributed by atoms with Crippen LogP contribution in [0.2, 0.25) is 0 Å². The summed E-state index contributed by atoms with van der Waals surface area (Å²) in [5.41, 5.74) is 1.30. The quantitative estimate of drug-likeness (QED) is 0.725. The first kappa shape index (κ1) is 16.0. The zero-order chi connectivity index (χ0) is 16.1. The van der Waals surface area contributed by atoms with Crippen molar-refractivity contribution < 1.29 is 9.84 Å². The average Bonchev–Trinajstić information content (AvgIpc) is 3.07. The molecule has 23 heavy (non-hydrogen) atoms. The predicted octanol–water partition coefficient (Wildman–Crippen LogP) is 2.49. The Kier molecular flexibility index (Phi) is 5.27. The fraction of sp³-hybridized carbons (Fsp3) is 0.688. The second-order valence-corrected chi connectivity index (χ2v) is 6.20. The number of hydrogen-bond acceptors (Lipinski definition) is 6. The Morgan fingerprint density at radius 3 is 2.91 bits per heavy atom. The highest BCUT2D eigenvalue weighted by Gasteiger charge is 2.17. The number of anilines is 1. The summed E-state index contributed by atoms with van der Waals surface area (Å²) in [7, 11) is 0. The fourth-order valence-corrected chi connectivity index (χ4v) is 2.99. The number of rotatable bonds is 7. The highest BCUT2D eigenvalue weighted by molar-refractivity contribution is 5.76. The van der Waals surface area contributed by atoms with Crippen LogP contribution < -0.4 is 10.1 Å². The Labute approximate surface area is 135 Å². The summed E-state index contributed by atoms with van der Waals surface area (Å²) in [6.45, 7) is 2.72. The molecule has 3 rings (SSSR count). The number of imidazole rings is 1. The van der Waals surface area contributed by atoms with Gasteiger partial charge in [-0.2, -0.15) is 9.97 Å². The minimum absolute atomic E-state index is 0.0384. The molecule has 1 aliphatic rings. The minimum atomic E-state index is -0.0717. The summed E-state index contributed by atoms with van der Waals surface area (Å²) in [5, 5.41) is 12.5. The first-order valence-electron chi connectivity index (χ1n) is 8.51. The Bertz CT molecular complexity index is 620. The lowest BCUT2D eigenvalue weighted by molar-refractivity contribution is 0.204. The molecule has 1 aliphatic carbocycles. The highest BCUT2D eigenvalue weighted by Crippen LogP contribution is 2.26. The van der Waals surface area contributed by atoms with Gasteiger partial charge in [-0.05, 0) is 25.2 Å². The molecule has 1 atom stereocenters. The first-order chi connectivity index (χ1) is 11.3. The van der Waals surface area contributed by atoms with Gasteiger partial charge in [-0.25, -0.2) is 4.98 Å². The van der Waals surface area contributed by atoms with Gasteiger partial charge in [-0.3, -0.25) is 0 Å². The zero-order valence-corrected chi connectivity index (χ0v) is 13.6. The second kappa shape index (κ2) is 7.59. The number of aromatic nitrogens is 4. The monoisotopic (exact) mass is 319 g/mol. The van der Waals surface area contributed by atoms with Crippen LogP contribution in [0.15, 0.2) is 6.33 Å². The van der Waals surface area contributed by atoms with Crippen molar-refractivity contribution in [3.05, 3.63) is 6.33 Å². The number of fused-ring (bicyclic) bond motifs is 1. The molecule has 2 aromatic heterocycles. The summed E-state index contributed by atoms with van der Waals surface area (Å²) < 4.78 is 5.98. The van der Waals surface area contributed by atoms with Gasteiger partial charge in [0.2, 0.25) is 11.8 Å². The van der Waals surface area contributed by atoms with E-state index in [1.165, 1.54) is 32.1 Å². The summed E-state index contributed by atoms with van der Waals surface area (Å²) in [5.74, 6) is 1.59. The van der Waals surface area contributed by atoms with E-state index in [4.69, 9.17) is 4.74 Å². The van der Waals surface area contributed by atoms with Crippen LogP contribution in [0.4, 0.5) is 5.95 Å². The number of H-pyrrole nitrogens is 1. The van der Waals surface area contributed by atoms with Gasteiger partial charge in [-0.1, -0.05) is 26.2 Å². The zero-order valence-electron chi connectivity index (χ0n) is 13.6. The molecule has 2 aromatic rings. The molecule has 126 valence electrons. The van der Waals surface area contributed by atoms with Crippen molar-refractivity contribution in [1.29, 1.82) is 0 Å². The van der Waals surface area contributed by atoms with Crippen LogP contribution in [0.3, 0.4) is 0 Å². The molecule has 0 unspecified atom stereocenters. The first-order valence-corrected chi connectivity index (χ1v) is 8.51. The van der Waals surface area contributed by atoms with Crippen molar-refractivity contribution in [1.82, 2.24) is 19.9 Å². The average molecular weight is 319 g/mol. The number of hydrogen-bond donors (Lipinski definition) is 3. The van der Waals surface area contributed by atoms with E-state index in [-0.39, 0.29) is 12.6 Å². The number of ether oxygens (including phenoxy) is 1. The van der Waals surface area contributed by atoms with Crippen LogP contribution in [0, 0.1) is 5.92 Å². The molecule has 3 N–H and O–H groups in total. The minimum Gasteiger partial charge on any atom is -0.476 e. The van der Waals surface area contributed by atoms with E-state index in [1.807, 2.05) is 6.92 Å². The third-order valence-electron chi connectivity index (χ3n) is 4.48. The highest BCUT2D eigenvalue weighted by atomic mass is 16.5. The smallest absolute Gasteiger partial charge is 0.245 e. The standard InChI is InChI=1S/C16H25N5O2/c1-2-12(8-22)19-16-20-14-13(17-10-18-14)15(21-16)23-9-11-6-4-3-5-7-11/h10-12,22H,2-9H2,1H3,(H2,17,18,19,20,21)/t12-/m0/s1. The van der Waals surface area contributed by atoms with Crippen LogP contribution in [-0.2, 0) is 0 Å². The van der Waals surface area contributed by atoms with Crippen molar-refractivity contribution in [2.45, 2.75) is 51.5 Å². The van der Waals surface area contributed by atoms with Crippen molar-refractivity contribution in [3.63, 3.8) is 0 Å². The molecule has 7 nitrogen and oxygen atoms in total. The number of aliphatic hydroxyl groups excluding tert-OH is 1. The van der Waals surface area contributed by atoms with E-state index in [9.17, 15) is 5.11 Å². The Morgan fingerprint density at radius 1 is 1.35 bits per heavy atom. The van der Waals surface area contributed by atoms with Gasteiger partial charge in [0.05, 0.1) is 25.6 Å². The molecular formula is C16H25N5O2. The molecule has 0 aliphatic heterocycles. The van der Waals surface area contributed by atoms with Crippen LogP contribution in [0.1, 0.15) is 45.4 Å².